The van der Waals surface area contributed by atoms with E-state index in [0.29, 0.717) is 6.42 Å². The molecule has 0 aromatic carbocycles. The van der Waals surface area contributed by atoms with Crippen LogP contribution in [0.5, 0.6) is 0 Å². The van der Waals surface area contributed by atoms with Gasteiger partial charge in [-0.1, -0.05) is 28.6 Å². The Morgan fingerprint density at radius 1 is 1.81 bits per heavy atom. The zero-order valence-electron chi connectivity index (χ0n) is 8.73. The van der Waals surface area contributed by atoms with Crippen molar-refractivity contribution < 1.29 is 19.1 Å². The van der Waals surface area contributed by atoms with E-state index in [1.807, 2.05) is 0 Å². The summed E-state index contributed by atoms with van der Waals surface area (Å²) in [5.74, 6) is -1.38. The second kappa shape index (κ2) is 3.73. The van der Waals surface area contributed by atoms with E-state index in [1.165, 1.54) is 7.11 Å². The van der Waals surface area contributed by atoms with Crippen molar-refractivity contribution in [3.63, 3.8) is 0 Å². The van der Waals surface area contributed by atoms with Crippen molar-refractivity contribution >= 4 is 27.9 Å². The van der Waals surface area contributed by atoms with Gasteiger partial charge in [0.1, 0.15) is 6.10 Å². The minimum absolute atomic E-state index is 0.381. The van der Waals surface area contributed by atoms with Crippen LogP contribution in [0.2, 0.25) is 0 Å². The average Bonchev–Trinajstić information content (AvgIpc) is 2.28. The molecule has 3 rings (SSSR count). The van der Waals surface area contributed by atoms with Crippen LogP contribution in [0, 0.1) is 5.92 Å². The van der Waals surface area contributed by atoms with Crippen LogP contribution in [0.15, 0.2) is 24.3 Å². The van der Waals surface area contributed by atoms with Crippen LogP contribution in [0.25, 0.3) is 0 Å². The average molecular weight is 287 g/mol. The summed E-state index contributed by atoms with van der Waals surface area (Å²) < 4.78 is 8.78. The molecule has 2 aliphatic heterocycles. The van der Waals surface area contributed by atoms with Crippen molar-refractivity contribution in [1.29, 1.82) is 0 Å². The van der Waals surface area contributed by atoms with Gasteiger partial charge in [-0.2, -0.15) is 0 Å². The van der Waals surface area contributed by atoms with Crippen LogP contribution in [0.1, 0.15) is 6.42 Å². The molecule has 0 amide bonds. The maximum Gasteiger partial charge on any atom is 0.328 e. The predicted octanol–water partition coefficient (Wildman–Crippen LogP) is 1.35. The second-order valence-corrected chi connectivity index (χ2v) is 5.13. The molecular weight excluding hydrogens is 276 g/mol. The minimum Gasteiger partial charge on any atom is -0.469 e. The Bertz CT molecular complexity index is 401. The van der Waals surface area contributed by atoms with Crippen molar-refractivity contribution in [1.82, 2.24) is 0 Å². The maximum atomic E-state index is 11.7. The number of carbonyl (C=O) groups excluding carboxylic acids is 2. The normalized spacial score (nSPS) is 36.4. The Kier molecular flexibility index (Phi) is 2.66. The molecule has 1 saturated heterocycles. The molecule has 0 N–H and O–H groups in total. The lowest BCUT2D eigenvalue weighted by molar-refractivity contribution is -0.167. The Labute approximate surface area is 101 Å². The standard InChI is InChI=1S/C11H11BrO4/c1-3-6-5-11(12)7(9(13)15-2)4-8(6)16-10(11)14/h3,5,7-8H,1,4H2,2H3. The number of halogens is 1. The lowest BCUT2D eigenvalue weighted by Crippen LogP contribution is -2.55. The van der Waals surface area contributed by atoms with Crippen molar-refractivity contribution in [2.75, 3.05) is 7.11 Å². The third-order valence-corrected chi connectivity index (χ3v) is 4.09. The quantitative estimate of drug-likeness (QED) is 0.568. The smallest absolute Gasteiger partial charge is 0.328 e. The summed E-state index contributed by atoms with van der Waals surface area (Å²) in [6, 6.07) is 0. The van der Waals surface area contributed by atoms with E-state index in [1.54, 1.807) is 12.2 Å². The molecule has 3 unspecified atom stereocenters. The van der Waals surface area contributed by atoms with Crippen LogP contribution in [0.3, 0.4) is 0 Å². The molecule has 0 saturated carbocycles. The summed E-state index contributed by atoms with van der Waals surface area (Å²) in [5, 5.41) is 0. The van der Waals surface area contributed by atoms with Crippen molar-refractivity contribution in [2.24, 2.45) is 5.92 Å². The summed E-state index contributed by atoms with van der Waals surface area (Å²) >= 11 is 3.29. The molecule has 16 heavy (non-hydrogen) atoms. The fraction of sp³-hybridized carbons (Fsp3) is 0.455. The Morgan fingerprint density at radius 2 is 2.50 bits per heavy atom. The number of esters is 2. The third kappa shape index (κ3) is 1.42. The first-order valence-corrected chi connectivity index (χ1v) is 5.65. The highest BCUT2D eigenvalue weighted by molar-refractivity contribution is 9.10. The topological polar surface area (TPSA) is 52.6 Å². The van der Waals surface area contributed by atoms with Gasteiger partial charge >= 0.3 is 11.9 Å². The van der Waals surface area contributed by atoms with Crippen LogP contribution in [-0.4, -0.2) is 29.5 Å². The summed E-state index contributed by atoms with van der Waals surface area (Å²) in [7, 11) is 1.31. The van der Waals surface area contributed by atoms with E-state index in [-0.39, 0.29) is 6.10 Å². The molecule has 3 aliphatic rings. The number of fused-ring (bicyclic) bond motifs is 2. The zero-order chi connectivity index (χ0) is 11.9. The van der Waals surface area contributed by atoms with Gasteiger partial charge in [-0.15, -0.1) is 0 Å². The number of hydrogen-bond donors (Lipinski definition) is 0. The summed E-state index contributed by atoms with van der Waals surface area (Å²) in [4.78, 5) is 23.3. The molecule has 0 aromatic rings. The fourth-order valence-electron chi connectivity index (χ4n) is 2.09. The molecule has 3 atom stereocenters. The lowest BCUT2D eigenvalue weighted by Gasteiger charge is -2.43. The lowest BCUT2D eigenvalue weighted by atomic mass is 9.76. The maximum absolute atomic E-state index is 11.7. The van der Waals surface area contributed by atoms with Crippen molar-refractivity contribution in [3.8, 4) is 0 Å². The first-order chi connectivity index (χ1) is 7.52. The van der Waals surface area contributed by atoms with Gasteiger partial charge in [0.15, 0.2) is 4.32 Å². The van der Waals surface area contributed by atoms with Crippen molar-refractivity contribution in [2.45, 2.75) is 16.8 Å². The van der Waals surface area contributed by atoms with Crippen LogP contribution in [0.4, 0.5) is 0 Å². The van der Waals surface area contributed by atoms with Crippen LogP contribution < -0.4 is 0 Å². The Hall–Kier alpha value is -1.10. The monoisotopic (exact) mass is 286 g/mol. The first kappa shape index (κ1) is 11.4. The summed E-state index contributed by atoms with van der Waals surface area (Å²) in [6.07, 6.45) is 3.39. The number of rotatable bonds is 2. The highest BCUT2D eigenvalue weighted by Crippen LogP contribution is 2.46. The van der Waals surface area contributed by atoms with Crippen molar-refractivity contribution in [3.05, 3.63) is 24.3 Å². The molecule has 1 fully saturated rings. The third-order valence-electron chi connectivity index (χ3n) is 2.99. The number of methoxy groups -OCH3 is 1. The largest absolute Gasteiger partial charge is 0.469 e. The van der Waals surface area contributed by atoms with Gasteiger partial charge in [-0.3, -0.25) is 9.59 Å². The Morgan fingerprint density at radius 3 is 3.06 bits per heavy atom. The van der Waals surface area contributed by atoms with E-state index in [9.17, 15) is 9.59 Å². The number of ether oxygens (including phenoxy) is 2. The summed E-state index contributed by atoms with van der Waals surface area (Å²) in [6.45, 7) is 3.65. The first-order valence-electron chi connectivity index (χ1n) is 4.86. The van der Waals surface area contributed by atoms with Gasteiger partial charge in [0.2, 0.25) is 0 Å². The molecule has 0 radical (unpaired) electrons. The molecule has 0 spiro atoms. The highest BCUT2D eigenvalue weighted by Gasteiger charge is 2.57. The van der Waals surface area contributed by atoms with E-state index in [4.69, 9.17) is 9.47 Å². The van der Waals surface area contributed by atoms with E-state index < -0.39 is 22.2 Å². The molecule has 4 nitrogen and oxygen atoms in total. The van der Waals surface area contributed by atoms with E-state index >= 15 is 0 Å². The van der Waals surface area contributed by atoms with E-state index in [2.05, 4.69) is 22.5 Å². The van der Waals surface area contributed by atoms with Gasteiger partial charge < -0.3 is 9.47 Å². The van der Waals surface area contributed by atoms with E-state index in [0.717, 1.165) is 5.57 Å². The molecule has 2 bridgehead atoms. The van der Waals surface area contributed by atoms with Gasteiger partial charge in [0.25, 0.3) is 0 Å². The predicted molar refractivity (Wildman–Crippen MR) is 59.9 cm³/mol. The Balaban J connectivity index is 2.44. The second-order valence-electron chi connectivity index (χ2n) is 3.82. The number of carbonyl (C=O) groups is 2. The highest BCUT2D eigenvalue weighted by atomic mass is 79.9. The summed E-state index contributed by atoms with van der Waals surface area (Å²) in [5.41, 5.74) is 0.830. The number of alkyl halides is 1. The molecule has 2 heterocycles. The van der Waals surface area contributed by atoms with Crippen LogP contribution in [-0.2, 0) is 19.1 Å². The van der Waals surface area contributed by atoms with Gasteiger partial charge in [0, 0.05) is 6.42 Å². The van der Waals surface area contributed by atoms with Gasteiger partial charge in [0.05, 0.1) is 13.0 Å². The molecule has 0 aromatic heterocycles. The van der Waals surface area contributed by atoms with Gasteiger partial charge in [-0.05, 0) is 11.6 Å². The van der Waals surface area contributed by atoms with Gasteiger partial charge in [-0.25, -0.2) is 0 Å². The zero-order valence-corrected chi connectivity index (χ0v) is 10.3. The fourth-order valence-corrected chi connectivity index (χ4v) is 2.83. The molecular formula is C11H11BrO4. The minimum atomic E-state index is -1.10. The molecule has 1 aliphatic carbocycles. The molecule has 5 heteroatoms. The molecule has 86 valence electrons. The number of hydrogen-bond acceptors (Lipinski definition) is 4. The van der Waals surface area contributed by atoms with Crippen LogP contribution >= 0.6 is 15.9 Å². The SMILES string of the molecule is C=CC1=CC2(Br)C(=O)OC1CC2C(=O)OC.